The maximum atomic E-state index is 5.20. The Morgan fingerprint density at radius 3 is 2.61 bits per heavy atom. The van der Waals surface area contributed by atoms with E-state index in [-0.39, 0.29) is 0 Å². The minimum Gasteiger partial charge on any atom is -0.497 e. The van der Waals surface area contributed by atoms with E-state index >= 15 is 0 Å². The van der Waals surface area contributed by atoms with E-state index in [0.29, 0.717) is 0 Å². The molecular formula is C18H16N4O. The molecule has 0 saturated carbocycles. The lowest BCUT2D eigenvalue weighted by molar-refractivity contribution is 0.415. The van der Waals surface area contributed by atoms with E-state index in [1.807, 2.05) is 60.0 Å². The quantitative estimate of drug-likeness (QED) is 0.623. The Morgan fingerprint density at radius 1 is 1.04 bits per heavy atom. The van der Waals surface area contributed by atoms with Gasteiger partial charge in [-0.25, -0.2) is 9.50 Å². The van der Waals surface area contributed by atoms with Crippen molar-refractivity contribution in [2.75, 3.05) is 12.4 Å². The molecule has 0 saturated heterocycles. The molecule has 0 bridgehead atoms. The molecule has 1 N–H and O–H groups in total. The number of fused-ring (bicyclic) bond motifs is 3. The van der Waals surface area contributed by atoms with Crippen LogP contribution < -0.4 is 10.1 Å². The third kappa shape index (κ3) is 2.36. The molecule has 23 heavy (non-hydrogen) atoms. The highest BCUT2D eigenvalue weighted by Crippen LogP contribution is 2.26. The van der Waals surface area contributed by atoms with Gasteiger partial charge in [-0.15, -0.1) is 0 Å². The van der Waals surface area contributed by atoms with Gasteiger partial charge < -0.3 is 10.1 Å². The number of para-hydroxylation sites is 1. The maximum Gasteiger partial charge on any atom is 0.158 e. The van der Waals surface area contributed by atoms with E-state index in [1.165, 1.54) is 0 Å². The van der Waals surface area contributed by atoms with Gasteiger partial charge in [0.25, 0.3) is 0 Å². The molecule has 114 valence electrons. The van der Waals surface area contributed by atoms with Gasteiger partial charge in [-0.2, -0.15) is 5.10 Å². The molecule has 5 heteroatoms. The SMILES string of the molecule is COc1ccc(Nc2nc3cc(C)nn3c3ccccc23)cc1. The Balaban J connectivity index is 1.86. The number of ether oxygens (including phenoxy) is 1. The molecule has 0 radical (unpaired) electrons. The molecule has 0 spiro atoms. The molecule has 2 heterocycles. The number of hydrogen-bond donors (Lipinski definition) is 1. The lowest BCUT2D eigenvalue weighted by Gasteiger charge is -2.10. The summed E-state index contributed by atoms with van der Waals surface area (Å²) in [5, 5.41) is 8.94. The summed E-state index contributed by atoms with van der Waals surface area (Å²) < 4.78 is 7.07. The van der Waals surface area contributed by atoms with Crippen molar-refractivity contribution >= 4 is 28.1 Å². The molecule has 5 nitrogen and oxygen atoms in total. The number of nitrogens with one attached hydrogen (secondary N) is 1. The summed E-state index contributed by atoms with van der Waals surface area (Å²) in [6.07, 6.45) is 0. The molecule has 0 atom stereocenters. The van der Waals surface area contributed by atoms with Crippen LogP contribution in [0, 0.1) is 6.92 Å². The number of anilines is 2. The van der Waals surface area contributed by atoms with Crippen LogP contribution in [0.3, 0.4) is 0 Å². The molecule has 0 unspecified atom stereocenters. The van der Waals surface area contributed by atoms with Gasteiger partial charge in [-0.1, -0.05) is 12.1 Å². The fourth-order valence-corrected chi connectivity index (χ4v) is 2.68. The molecule has 2 aromatic heterocycles. The summed E-state index contributed by atoms with van der Waals surface area (Å²) in [6.45, 7) is 1.97. The van der Waals surface area contributed by atoms with Crippen molar-refractivity contribution in [1.29, 1.82) is 0 Å². The van der Waals surface area contributed by atoms with Crippen molar-refractivity contribution in [1.82, 2.24) is 14.6 Å². The van der Waals surface area contributed by atoms with Crippen LogP contribution >= 0.6 is 0 Å². The summed E-state index contributed by atoms with van der Waals surface area (Å²) in [7, 11) is 1.66. The van der Waals surface area contributed by atoms with Crippen LogP contribution in [-0.4, -0.2) is 21.7 Å². The molecule has 2 aromatic carbocycles. The third-order valence-electron chi connectivity index (χ3n) is 3.78. The number of aryl methyl sites for hydroxylation is 1. The minimum absolute atomic E-state index is 0.818. The summed E-state index contributed by atoms with van der Waals surface area (Å²) in [6, 6.07) is 17.9. The highest BCUT2D eigenvalue weighted by molar-refractivity contribution is 5.92. The zero-order valence-corrected chi connectivity index (χ0v) is 12.9. The third-order valence-corrected chi connectivity index (χ3v) is 3.78. The average molecular weight is 304 g/mol. The first kappa shape index (κ1) is 13.6. The van der Waals surface area contributed by atoms with Crippen molar-refractivity contribution in [3.8, 4) is 5.75 Å². The van der Waals surface area contributed by atoms with E-state index in [2.05, 4.69) is 16.5 Å². The second kappa shape index (κ2) is 5.28. The van der Waals surface area contributed by atoms with Gasteiger partial charge in [-0.3, -0.25) is 0 Å². The largest absolute Gasteiger partial charge is 0.497 e. The highest BCUT2D eigenvalue weighted by Gasteiger charge is 2.10. The van der Waals surface area contributed by atoms with Crippen LogP contribution in [0.25, 0.3) is 16.6 Å². The Morgan fingerprint density at radius 2 is 1.83 bits per heavy atom. The predicted molar refractivity (Wildman–Crippen MR) is 91.5 cm³/mol. The van der Waals surface area contributed by atoms with Crippen LogP contribution in [0.4, 0.5) is 11.5 Å². The average Bonchev–Trinajstić information content (AvgIpc) is 2.96. The summed E-state index contributed by atoms with van der Waals surface area (Å²) in [5.41, 5.74) is 3.77. The Bertz CT molecular complexity index is 989. The van der Waals surface area contributed by atoms with Crippen LogP contribution in [0.2, 0.25) is 0 Å². The van der Waals surface area contributed by atoms with E-state index < -0.39 is 0 Å². The molecule has 0 aliphatic carbocycles. The van der Waals surface area contributed by atoms with E-state index in [0.717, 1.165) is 39.5 Å². The number of methoxy groups -OCH3 is 1. The Labute approximate surface area is 133 Å². The van der Waals surface area contributed by atoms with Gasteiger partial charge >= 0.3 is 0 Å². The Hall–Kier alpha value is -3.08. The normalized spacial score (nSPS) is 11.0. The second-order valence-corrected chi connectivity index (χ2v) is 5.39. The smallest absolute Gasteiger partial charge is 0.158 e. The van der Waals surface area contributed by atoms with Crippen molar-refractivity contribution in [2.45, 2.75) is 6.92 Å². The van der Waals surface area contributed by atoms with Gasteiger partial charge in [0.1, 0.15) is 11.6 Å². The zero-order chi connectivity index (χ0) is 15.8. The van der Waals surface area contributed by atoms with Crippen LogP contribution in [0.1, 0.15) is 5.69 Å². The monoisotopic (exact) mass is 304 g/mol. The molecule has 0 aliphatic rings. The van der Waals surface area contributed by atoms with E-state index in [9.17, 15) is 0 Å². The van der Waals surface area contributed by atoms with Gasteiger partial charge in [0.05, 0.1) is 18.3 Å². The minimum atomic E-state index is 0.818. The number of benzene rings is 2. The summed E-state index contributed by atoms with van der Waals surface area (Å²) >= 11 is 0. The van der Waals surface area contributed by atoms with Crippen molar-refractivity contribution in [3.63, 3.8) is 0 Å². The number of aromatic nitrogens is 3. The van der Waals surface area contributed by atoms with E-state index in [4.69, 9.17) is 9.72 Å². The molecule has 0 aliphatic heterocycles. The van der Waals surface area contributed by atoms with Crippen LogP contribution in [0.15, 0.2) is 54.6 Å². The lowest BCUT2D eigenvalue weighted by Crippen LogP contribution is -2.00. The maximum absolute atomic E-state index is 5.20. The zero-order valence-electron chi connectivity index (χ0n) is 12.9. The first-order valence-corrected chi connectivity index (χ1v) is 7.41. The first-order valence-electron chi connectivity index (χ1n) is 7.41. The second-order valence-electron chi connectivity index (χ2n) is 5.39. The number of nitrogens with zero attached hydrogens (tertiary/aromatic N) is 3. The topological polar surface area (TPSA) is 51.5 Å². The predicted octanol–water partition coefficient (Wildman–Crippen LogP) is 3.94. The van der Waals surface area contributed by atoms with Gasteiger partial charge in [-0.05, 0) is 43.3 Å². The van der Waals surface area contributed by atoms with Crippen LogP contribution in [-0.2, 0) is 0 Å². The summed E-state index contributed by atoms with van der Waals surface area (Å²) in [4.78, 5) is 4.72. The van der Waals surface area contributed by atoms with Gasteiger partial charge in [0.15, 0.2) is 5.65 Å². The Kier molecular flexibility index (Phi) is 3.12. The number of rotatable bonds is 3. The molecular weight excluding hydrogens is 288 g/mol. The van der Waals surface area contributed by atoms with Gasteiger partial charge in [0.2, 0.25) is 0 Å². The van der Waals surface area contributed by atoms with Crippen molar-refractivity contribution < 1.29 is 4.74 Å². The number of hydrogen-bond acceptors (Lipinski definition) is 4. The fourth-order valence-electron chi connectivity index (χ4n) is 2.68. The van der Waals surface area contributed by atoms with E-state index in [1.54, 1.807) is 7.11 Å². The molecule has 0 amide bonds. The first-order chi connectivity index (χ1) is 11.2. The van der Waals surface area contributed by atoms with Crippen LogP contribution in [0.5, 0.6) is 5.75 Å². The molecule has 4 aromatic rings. The fraction of sp³-hybridized carbons (Fsp3) is 0.111. The molecule has 4 rings (SSSR count). The van der Waals surface area contributed by atoms with Gasteiger partial charge in [0, 0.05) is 17.1 Å². The highest BCUT2D eigenvalue weighted by atomic mass is 16.5. The molecule has 0 fully saturated rings. The standard InChI is InChI=1S/C18H16N4O/c1-12-11-17-20-18(19-13-7-9-14(23-2)10-8-13)15-5-3-4-6-16(15)22(17)21-12/h3-11H,1-2H3,(H,19,20). The van der Waals surface area contributed by atoms with Crippen molar-refractivity contribution in [2.24, 2.45) is 0 Å². The lowest BCUT2D eigenvalue weighted by atomic mass is 10.2. The summed E-state index contributed by atoms with van der Waals surface area (Å²) in [5.74, 6) is 1.65. The van der Waals surface area contributed by atoms with Crippen molar-refractivity contribution in [3.05, 3.63) is 60.3 Å².